The topological polar surface area (TPSA) is 93.5 Å². The average Bonchev–Trinajstić information content (AvgIpc) is 3.07. The second-order valence-corrected chi connectivity index (χ2v) is 7.99. The number of aromatic amines is 1. The number of fused-ring (bicyclic) bond motifs is 2. The Labute approximate surface area is 168 Å². The number of nitrogens with zero attached hydrogens (tertiary/aromatic N) is 2. The maximum Gasteiger partial charge on any atom is 0.329 e. The van der Waals surface area contributed by atoms with Crippen molar-refractivity contribution in [3.63, 3.8) is 0 Å². The normalized spacial score (nSPS) is 20.3. The summed E-state index contributed by atoms with van der Waals surface area (Å²) in [5, 5.41) is 0. The average molecular weight is 395 g/mol. The molecule has 0 saturated carbocycles. The van der Waals surface area contributed by atoms with E-state index in [0.29, 0.717) is 29.6 Å². The second-order valence-electron chi connectivity index (χ2n) is 7.99. The van der Waals surface area contributed by atoms with Crippen molar-refractivity contribution in [3.05, 3.63) is 61.8 Å². The van der Waals surface area contributed by atoms with Crippen LogP contribution in [0.25, 0.3) is 0 Å². The van der Waals surface area contributed by atoms with Crippen LogP contribution in [0.15, 0.2) is 38.8 Å². The second kappa shape index (κ2) is 7.46. The number of rotatable bonds is 5. The number of cyclic esters (lactones) is 1. The fraction of sp³-hybridized carbons (Fsp3) is 0.455. The molecule has 7 nitrogen and oxygen atoms in total. The number of hydrogen-bond donors (Lipinski definition) is 1. The van der Waals surface area contributed by atoms with E-state index in [-0.39, 0.29) is 12.6 Å². The zero-order chi connectivity index (χ0) is 20.7. The van der Waals surface area contributed by atoms with Crippen LogP contribution in [-0.2, 0) is 16.1 Å². The number of unbranched alkanes of at least 4 members (excludes halogenated alkanes) is 1. The van der Waals surface area contributed by atoms with Gasteiger partial charge in [0.1, 0.15) is 18.3 Å². The summed E-state index contributed by atoms with van der Waals surface area (Å²) in [6.45, 7) is 6.82. The van der Waals surface area contributed by atoms with Gasteiger partial charge in [0.05, 0.1) is 11.3 Å². The molecule has 1 aromatic carbocycles. The van der Waals surface area contributed by atoms with E-state index in [4.69, 9.17) is 4.74 Å². The smallest absolute Gasteiger partial charge is 0.329 e. The number of nitrogens with one attached hydrogen (secondary N) is 1. The molecule has 0 radical (unpaired) electrons. The third-order valence-corrected chi connectivity index (χ3v) is 5.77. The van der Waals surface area contributed by atoms with E-state index in [9.17, 15) is 14.4 Å². The Balaban J connectivity index is 1.94. The maximum atomic E-state index is 12.9. The van der Waals surface area contributed by atoms with Gasteiger partial charge in [0, 0.05) is 12.5 Å². The van der Waals surface area contributed by atoms with Crippen LogP contribution in [0.1, 0.15) is 62.1 Å². The molecule has 2 aliphatic heterocycles. The molecule has 4 rings (SSSR count). The van der Waals surface area contributed by atoms with Crippen molar-refractivity contribution >= 4 is 17.5 Å². The number of aliphatic imine (C=N–C) groups is 1. The third-order valence-electron chi connectivity index (χ3n) is 5.77. The monoisotopic (exact) mass is 395 g/mol. The van der Waals surface area contributed by atoms with Gasteiger partial charge in [-0.2, -0.15) is 0 Å². The van der Waals surface area contributed by atoms with Gasteiger partial charge in [-0.1, -0.05) is 51.5 Å². The molecule has 1 fully saturated rings. The van der Waals surface area contributed by atoms with Gasteiger partial charge in [0.2, 0.25) is 0 Å². The van der Waals surface area contributed by atoms with E-state index in [1.165, 1.54) is 10.1 Å². The number of benzene rings is 1. The summed E-state index contributed by atoms with van der Waals surface area (Å²) in [7, 11) is 0. The molecule has 0 amide bonds. The lowest BCUT2D eigenvalue weighted by Crippen LogP contribution is -2.39. The first kappa shape index (κ1) is 19.4. The molecule has 1 aromatic heterocycles. The summed E-state index contributed by atoms with van der Waals surface area (Å²) in [5.74, 6) is -0.803. The number of carbonyl (C=O) groups excluding carboxylic acids is 1. The summed E-state index contributed by atoms with van der Waals surface area (Å²) >= 11 is 0. The van der Waals surface area contributed by atoms with Gasteiger partial charge in [0.15, 0.2) is 0 Å². The Hall–Kier alpha value is -2.96. The zero-order valence-corrected chi connectivity index (χ0v) is 16.9. The van der Waals surface area contributed by atoms with Crippen LogP contribution in [-0.4, -0.2) is 27.8 Å². The number of hydrogen-bond acceptors (Lipinski definition) is 5. The highest BCUT2D eigenvalue weighted by Crippen LogP contribution is 2.42. The molecule has 3 heterocycles. The molecule has 0 aliphatic carbocycles. The lowest BCUT2D eigenvalue weighted by atomic mass is 9.77. The highest BCUT2D eigenvalue weighted by atomic mass is 16.5. The first-order valence-corrected chi connectivity index (χ1v) is 10.1. The molecule has 0 spiro atoms. The van der Waals surface area contributed by atoms with Gasteiger partial charge in [-0.25, -0.2) is 9.79 Å². The predicted molar refractivity (Wildman–Crippen MR) is 110 cm³/mol. The highest BCUT2D eigenvalue weighted by Gasteiger charge is 2.46. The lowest BCUT2D eigenvalue weighted by molar-refractivity contribution is -0.141. The van der Waals surface area contributed by atoms with E-state index in [1.54, 1.807) is 0 Å². The molecular formula is C22H25N3O4. The van der Waals surface area contributed by atoms with Gasteiger partial charge in [-0.05, 0) is 23.5 Å². The van der Waals surface area contributed by atoms with Gasteiger partial charge >= 0.3 is 11.7 Å². The number of aromatic nitrogens is 2. The molecule has 29 heavy (non-hydrogen) atoms. The molecule has 2 aromatic rings. The summed E-state index contributed by atoms with van der Waals surface area (Å²) < 4.78 is 6.78. The Morgan fingerprint density at radius 3 is 2.55 bits per heavy atom. The molecular weight excluding hydrogens is 370 g/mol. The van der Waals surface area contributed by atoms with Gasteiger partial charge in [-0.3, -0.25) is 19.1 Å². The Morgan fingerprint density at radius 1 is 1.17 bits per heavy atom. The molecule has 2 unspecified atom stereocenters. The summed E-state index contributed by atoms with van der Waals surface area (Å²) in [6.07, 6.45) is 1.69. The largest absolute Gasteiger partial charge is 0.459 e. The van der Waals surface area contributed by atoms with Crippen molar-refractivity contribution in [1.29, 1.82) is 0 Å². The molecule has 1 saturated heterocycles. The molecule has 2 atom stereocenters. The van der Waals surface area contributed by atoms with Crippen molar-refractivity contribution in [2.75, 3.05) is 6.61 Å². The van der Waals surface area contributed by atoms with Crippen LogP contribution in [0.2, 0.25) is 0 Å². The third kappa shape index (κ3) is 3.24. The summed E-state index contributed by atoms with van der Waals surface area (Å²) in [6, 6.07) is 7.96. The Morgan fingerprint density at radius 2 is 1.90 bits per heavy atom. The molecule has 152 valence electrons. The summed E-state index contributed by atoms with van der Waals surface area (Å²) in [5.41, 5.74) is 2.01. The lowest BCUT2D eigenvalue weighted by Gasteiger charge is -2.28. The van der Waals surface area contributed by atoms with Crippen LogP contribution in [0.5, 0.6) is 0 Å². The van der Waals surface area contributed by atoms with Crippen LogP contribution in [0.3, 0.4) is 0 Å². The van der Waals surface area contributed by atoms with Crippen LogP contribution >= 0.6 is 0 Å². The minimum Gasteiger partial charge on any atom is -0.459 e. The van der Waals surface area contributed by atoms with Gasteiger partial charge in [-0.15, -0.1) is 0 Å². The molecule has 1 N–H and O–H groups in total. The van der Waals surface area contributed by atoms with Gasteiger partial charge in [0.25, 0.3) is 5.56 Å². The fourth-order valence-corrected chi connectivity index (χ4v) is 4.14. The van der Waals surface area contributed by atoms with E-state index in [2.05, 4.69) is 23.8 Å². The SMILES string of the molecule is CCCCn1c2c(c(=O)[nH]c1=O)C(c1ccc(C(C)C)cc1)C1C(=O)OCC1=N2. The van der Waals surface area contributed by atoms with Crippen molar-refractivity contribution in [1.82, 2.24) is 9.55 Å². The van der Waals surface area contributed by atoms with E-state index in [0.717, 1.165) is 18.4 Å². The maximum absolute atomic E-state index is 12.9. The zero-order valence-electron chi connectivity index (χ0n) is 16.9. The fourth-order valence-electron chi connectivity index (χ4n) is 4.14. The van der Waals surface area contributed by atoms with Crippen molar-refractivity contribution in [2.24, 2.45) is 10.9 Å². The first-order valence-electron chi connectivity index (χ1n) is 10.1. The standard InChI is InChI=1S/C22H25N3O4/c1-4-5-10-25-19-18(20(26)24-22(25)28)16(17-15(23-19)11-29-21(17)27)14-8-6-13(7-9-14)12(2)3/h6-9,12,16-17H,4-5,10-11H2,1-3H3,(H,24,26,28). The van der Waals surface area contributed by atoms with Crippen LogP contribution < -0.4 is 11.2 Å². The molecule has 7 heteroatoms. The quantitative estimate of drug-likeness (QED) is 0.788. The number of ether oxygens (including phenoxy) is 1. The van der Waals surface area contributed by atoms with Crippen molar-refractivity contribution in [3.8, 4) is 0 Å². The number of esters is 1. The highest BCUT2D eigenvalue weighted by molar-refractivity contribution is 6.10. The van der Waals surface area contributed by atoms with E-state index < -0.39 is 23.1 Å². The van der Waals surface area contributed by atoms with Crippen molar-refractivity contribution < 1.29 is 9.53 Å². The molecule has 0 bridgehead atoms. The molecule has 2 aliphatic rings. The van der Waals surface area contributed by atoms with Gasteiger partial charge < -0.3 is 4.74 Å². The minimum absolute atomic E-state index is 0.0955. The predicted octanol–water partition coefficient (Wildman–Crippen LogP) is 2.85. The van der Waals surface area contributed by atoms with Crippen LogP contribution in [0.4, 0.5) is 5.82 Å². The first-order chi connectivity index (χ1) is 13.9. The number of carbonyl (C=O) groups is 1. The van der Waals surface area contributed by atoms with E-state index >= 15 is 0 Å². The minimum atomic E-state index is -0.634. The van der Waals surface area contributed by atoms with Crippen molar-refractivity contribution in [2.45, 2.75) is 52.0 Å². The van der Waals surface area contributed by atoms with Crippen LogP contribution in [0, 0.1) is 5.92 Å². The summed E-state index contributed by atoms with van der Waals surface area (Å²) in [4.78, 5) is 44.9. The van der Waals surface area contributed by atoms with E-state index in [1.807, 2.05) is 31.2 Å². The Bertz CT molecular complexity index is 1090. The Kier molecular flexibility index (Phi) is 4.98. The number of H-pyrrole nitrogens is 1.